The van der Waals surface area contributed by atoms with E-state index in [0.717, 1.165) is 0 Å². The molecule has 1 aliphatic heterocycles. The molecule has 0 aliphatic carbocycles. The number of aryl methyl sites for hydroxylation is 1. The van der Waals surface area contributed by atoms with Crippen LogP contribution in [0.2, 0.25) is 5.02 Å². The maximum atomic E-state index is 12.3. The number of benzene rings is 1. The van der Waals surface area contributed by atoms with Gasteiger partial charge in [-0.15, -0.1) is 0 Å². The summed E-state index contributed by atoms with van der Waals surface area (Å²) in [5.74, 6) is -2.01. The Labute approximate surface area is 155 Å². The minimum Gasteiger partial charge on any atom is -0.466 e. The van der Waals surface area contributed by atoms with Gasteiger partial charge in [0.25, 0.3) is 0 Å². The molecule has 0 radical (unpaired) electrons. The van der Waals surface area contributed by atoms with Crippen LogP contribution in [-0.2, 0) is 28.5 Å². The van der Waals surface area contributed by atoms with E-state index in [-0.39, 0.29) is 35.2 Å². The lowest BCUT2D eigenvalue weighted by Gasteiger charge is -2.32. The predicted octanol–water partition coefficient (Wildman–Crippen LogP) is 1.83. The second kappa shape index (κ2) is 8.20. The van der Waals surface area contributed by atoms with Crippen molar-refractivity contribution in [1.29, 1.82) is 0 Å². The number of nitrogens with zero attached hydrogens (tertiary/aromatic N) is 1. The SMILES string of the molecule is COC(=O)C1=C(C(=O)OC)N(c2cc(Cl)c(C(=O)OC)cc2C)COC1. The van der Waals surface area contributed by atoms with E-state index in [1.54, 1.807) is 6.92 Å². The number of methoxy groups -OCH3 is 3. The van der Waals surface area contributed by atoms with Crippen LogP contribution < -0.4 is 4.90 Å². The van der Waals surface area contributed by atoms with Gasteiger partial charge in [0.15, 0.2) is 0 Å². The largest absolute Gasteiger partial charge is 0.466 e. The summed E-state index contributed by atoms with van der Waals surface area (Å²) in [5.41, 5.74) is 1.30. The molecular formula is C17H18ClNO7. The van der Waals surface area contributed by atoms with Crippen LogP contribution in [0.4, 0.5) is 5.69 Å². The van der Waals surface area contributed by atoms with Crippen LogP contribution in [0, 0.1) is 6.92 Å². The topological polar surface area (TPSA) is 91.4 Å². The van der Waals surface area contributed by atoms with Gasteiger partial charge in [0.1, 0.15) is 12.4 Å². The van der Waals surface area contributed by atoms with Gasteiger partial charge < -0.3 is 23.8 Å². The van der Waals surface area contributed by atoms with Gasteiger partial charge in [-0.05, 0) is 24.6 Å². The number of halogens is 1. The van der Waals surface area contributed by atoms with E-state index < -0.39 is 17.9 Å². The third-order valence-electron chi connectivity index (χ3n) is 3.81. The molecule has 0 amide bonds. The van der Waals surface area contributed by atoms with Crippen molar-refractivity contribution in [2.45, 2.75) is 6.92 Å². The highest BCUT2D eigenvalue weighted by molar-refractivity contribution is 6.34. The number of hydrogen-bond donors (Lipinski definition) is 0. The molecule has 1 aromatic rings. The molecule has 0 spiro atoms. The molecule has 0 saturated heterocycles. The maximum Gasteiger partial charge on any atom is 0.355 e. The fourth-order valence-electron chi connectivity index (χ4n) is 2.56. The molecule has 0 unspecified atom stereocenters. The number of ether oxygens (including phenoxy) is 4. The number of hydrogen-bond acceptors (Lipinski definition) is 8. The van der Waals surface area contributed by atoms with Crippen LogP contribution >= 0.6 is 11.6 Å². The molecule has 2 rings (SSSR count). The Morgan fingerprint density at radius 3 is 2.23 bits per heavy atom. The average molecular weight is 384 g/mol. The van der Waals surface area contributed by atoms with Crippen LogP contribution in [0.25, 0.3) is 0 Å². The minimum atomic E-state index is -0.721. The lowest BCUT2D eigenvalue weighted by Crippen LogP contribution is -2.39. The average Bonchev–Trinajstić information content (AvgIpc) is 2.66. The van der Waals surface area contributed by atoms with Gasteiger partial charge in [-0.2, -0.15) is 0 Å². The first kappa shape index (κ1) is 19.7. The monoisotopic (exact) mass is 383 g/mol. The Balaban J connectivity index is 2.62. The van der Waals surface area contributed by atoms with Crippen molar-refractivity contribution >= 4 is 35.2 Å². The summed E-state index contributed by atoms with van der Waals surface area (Å²) >= 11 is 6.19. The van der Waals surface area contributed by atoms with Crippen molar-refractivity contribution in [3.8, 4) is 0 Å². The smallest absolute Gasteiger partial charge is 0.355 e. The van der Waals surface area contributed by atoms with E-state index in [4.69, 9.17) is 30.5 Å². The second-order valence-electron chi connectivity index (χ2n) is 5.33. The summed E-state index contributed by atoms with van der Waals surface area (Å²) < 4.78 is 19.6. The fourth-order valence-corrected chi connectivity index (χ4v) is 2.80. The first-order valence-electron chi connectivity index (χ1n) is 7.49. The van der Waals surface area contributed by atoms with Gasteiger partial charge in [-0.25, -0.2) is 14.4 Å². The summed E-state index contributed by atoms with van der Waals surface area (Å²) in [6.07, 6.45) is 0. The number of carbonyl (C=O) groups is 3. The third kappa shape index (κ3) is 3.66. The van der Waals surface area contributed by atoms with E-state index in [1.165, 1.54) is 38.4 Å². The Bertz CT molecular complexity index is 788. The minimum absolute atomic E-state index is 0.00409. The molecule has 1 aliphatic rings. The van der Waals surface area contributed by atoms with E-state index in [0.29, 0.717) is 11.3 Å². The third-order valence-corrected chi connectivity index (χ3v) is 4.13. The van der Waals surface area contributed by atoms with Crippen LogP contribution in [0.15, 0.2) is 23.4 Å². The van der Waals surface area contributed by atoms with Gasteiger partial charge in [-0.3, -0.25) is 0 Å². The van der Waals surface area contributed by atoms with Gasteiger partial charge in [0.2, 0.25) is 0 Å². The summed E-state index contributed by atoms with van der Waals surface area (Å²) in [5, 5.41) is 0.131. The molecule has 0 saturated carbocycles. The number of rotatable bonds is 4. The first-order chi connectivity index (χ1) is 12.3. The van der Waals surface area contributed by atoms with E-state index in [9.17, 15) is 14.4 Å². The van der Waals surface area contributed by atoms with Gasteiger partial charge in [0.05, 0.1) is 44.1 Å². The molecule has 0 bridgehead atoms. The Morgan fingerprint density at radius 2 is 1.65 bits per heavy atom. The summed E-state index contributed by atoms with van der Waals surface area (Å²) in [6.45, 7) is 1.61. The predicted molar refractivity (Wildman–Crippen MR) is 91.9 cm³/mol. The van der Waals surface area contributed by atoms with Crippen molar-refractivity contribution in [2.75, 3.05) is 39.6 Å². The number of anilines is 1. The van der Waals surface area contributed by atoms with Crippen molar-refractivity contribution in [3.63, 3.8) is 0 Å². The van der Waals surface area contributed by atoms with Gasteiger partial charge >= 0.3 is 17.9 Å². The van der Waals surface area contributed by atoms with Crippen molar-refractivity contribution in [2.24, 2.45) is 0 Å². The maximum absolute atomic E-state index is 12.3. The van der Waals surface area contributed by atoms with Crippen molar-refractivity contribution < 1.29 is 33.3 Å². The van der Waals surface area contributed by atoms with Crippen LogP contribution in [-0.4, -0.2) is 52.6 Å². The Kier molecular flexibility index (Phi) is 6.23. The molecule has 140 valence electrons. The zero-order valence-electron chi connectivity index (χ0n) is 14.8. The Morgan fingerprint density at radius 1 is 1.04 bits per heavy atom. The fraction of sp³-hybridized carbons (Fsp3) is 0.353. The second-order valence-corrected chi connectivity index (χ2v) is 5.73. The van der Waals surface area contributed by atoms with Crippen molar-refractivity contribution in [1.82, 2.24) is 0 Å². The standard InChI is InChI=1S/C17H18ClNO7/c1-9-5-10(15(20)23-2)12(18)6-13(9)19-8-26-7-11(16(21)24-3)14(19)17(22)25-4/h5-6H,7-8H2,1-4H3. The highest BCUT2D eigenvalue weighted by Gasteiger charge is 2.33. The van der Waals surface area contributed by atoms with Crippen LogP contribution in [0.5, 0.6) is 0 Å². The van der Waals surface area contributed by atoms with Crippen LogP contribution in [0.3, 0.4) is 0 Å². The van der Waals surface area contributed by atoms with Crippen LogP contribution in [0.1, 0.15) is 15.9 Å². The molecule has 1 heterocycles. The highest BCUT2D eigenvalue weighted by Crippen LogP contribution is 2.33. The normalized spacial score (nSPS) is 14.1. The number of carbonyl (C=O) groups excluding carboxylic acids is 3. The molecule has 0 fully saturated rings. The van der Waals surface area contributed by atoms with E-state index in [2.05, 4.69) is 0 Å². The molecule has 26 heavy (non-hydrogen) atoms. The number of esters is 3. The quantitative estimate of drug-likeness (QED) is 0.574. The molecular weight excluding hydrogens is 366 g/mol. The summed E-state index contributed by atoms with van der Waals surface area (Å²) in [4.78, 5) is 37.6. The Hall–Kier alpha value is -2.58. The van der Waals surface area contributed by atoms with Crippen molar-refractivity contribution in [3.05, 3.63) is 39.6 Å². The molecule has 0 N–H and O–H groups in total. The first-order valence-corrected chi connectivity index (χ1v) is 7.87. The molecule has 1 aromatic carbocycles. The van der Waals surface area contributed by atoms with Gasteiger partial charge in [0, 0.05) is 5.69 Å². The molecule has 8 nitrogen and oxygen atoms in total. The van der Waals surface area contributed by atoms with Gasteiger partial charge in [-0.1, -0.05) is 11.6 Å². The van der Waals surface area contributed by atoms with E-state index >= 15 is 0 Å². The zero-order chi connectivity index (χ0) is 19.4. The molecule has 0 aromatic heterocycles. The lowest BCUT2D eigenvalue weighted by molar-refractivity contribution is -0.140. The molecule has 9 heteroatoms. The summed E-state index contributed by atoms with van der Waals surface area (Å²) in [6, 6.07) is 3.03. The zero-order valence-corrected chi connectivity index (χ0v) is 15.5. The highest BCUT2D eigenvalue weighted by atomic mass is 35.5. The van der Waals surface area contributed by atoms with E-state index in [1.807, 2.05) is 0 Å². The molecule has 0 atom stereocenters. The lowest BCUT2D eigenvalue weighted by atomic mass is 10.1. The summed E-state index contributed by atoms with van der Waals surface area (Å²) in [7, 11) is 3.66.